The van der Waals surface area contributed by atoms with E-state index in [4.69, 9.17) is 4.74 Å². The molecule has 3 aliphatic rings. The number of nitrogens with zero attached hydrogens (tertiary/aromatic N) is 3. The molecule has 3 N–H and O–H groups in total. The average molecular weight is 510 g/mol. The SMILES string of the molecule is O=C1NCCOc2cc(-c3n[nH]c4ncc(-c5ccc6c(c5)CCC(N5CCC(O)C5)CC6)cc34)ccc21. The van der Waals surface area contributed by atoms with Crippen molar-refractivity contribution in [3.63, 3.8) is 0 Å². The van der Waals surface area contributed by atoms with Crippen LogP contribution in [0.1, 0.15) is 40.7 Å². The summed E-state index contributed by atoms with van der Waals surface area (Å²) in [6.45, 7) is 2.75. The van der Waals surface area contributed by atoms with E-state index < -0.39 is 0 Å². The molecule has 0 spiro atoms. The van der Waals surface area contributed by atoms with Crippen LogP contribution >= 0.6 is 0 Å². The highest BCUT2D eigenvalue weighted by Crippen LogP contribution is 2.34. The Kier molecular flexibility index (Phi) is 5.86. The Hall–Kier alpha value is -3.75. The van der Waals surface area contributed by atoms with Gasteiger partial charge in [0.2, 0.25) is 0 Å². The molecule has 0 bridgehead atoms. The lowest BCUT2D eigenvalue weighted by Crippen LogP contribution is -2.34. The number of aliphatic hydroxyl groups excluding tert-OH is 1. The van der Waals surface area contributed by atoms with Gasteiger partial charge in [-0.3, -0.25) is 14.8 Å². The molecule has 194 valence electrons. The number of aliphatic hydroxyl groups is 1. The highest BCUT2D eigenvalue weighted by atomic mass is 16.5. The minimum absolute atomic E-state index is 0.118. The van der Waals surface area contributed by atoms with Gasteiger partial charge in [0.1, 0.15) is 18.1 Å². The molecule has 2 aliphatic heterocycles. The van der Waals surface area contributed by atoms with Gasteiger partial charge < -0.3 is 15.2 Å². The number of pyridine rings is 1. The third kappa shape index (κ3) is 4.23. The van der Waals surface area contributed by atoms with Gasteiger partial charge in [0.05, 0.1) is 18.2 Å². The molecule has 1 saturated heterocycles. The van der Waals surface area contributed by atoms with Gasteiger partial charge in [-0.1, -0.05) is 24.3 Å². The fraction of sp³-hybridized carbons (Fsp3) is 0.367. The predicted octanol–water partition coefficient (Wildman–Crippen LogP) is 3.73. The van der Waals surface area contributed by atoms with Crippen LogP contribution in [0.5, 0.6) is 5.75 Å². The number of H-pyrrole nitrogens is 1. The van der Waals surface area contributed by atoms with E-state index in [0.717, 1.165) is 78.6 Å². The van der Waals surface area contributed by atoms with Gasteiger partial charge in [0, 0.05) is 41.8 Å². The van der Waals surface area contributed by atoms with Gasteiger partial charge in [-0.25, -0.2) is 4.98 Å². The summed E-state index contributed by atoms with van der Waals surface area (Å²) < 4.78 is 5.82. The van der Waals surface area contributed by atoms with Crippen molar-refractivity contribution in [2.75, 3.05) is 26.2 Å². The Morgan fingerprint density at radius 1 is 0.974 bits per heavy atom. The lowest BCUT2D eigenvalue weighted by Gasteiger charge is -2.26. The zero-order valence-corrected chi connectivity index (χ0v) is 21.2. The fourth-order valence-electron chi connectivity index (χ4n) is 6.21. The van der Waals surface area contributed by atoms with Crippen molar-refractivity contribution in [3.05, 3.63) is 65.4 Å². The molecule has 4 heterocycles. The van der Waals surface area contributed by atoms with Crippen molar-refractivity contribution in [2.45, 2.75) is 44.2 Å². The number of rotatable bonds is 3. The summed E-state index contributed by atoms with van der Waals surface area (Å²) >= 11 is 0. The maximum absolute atomic E-state index is 12.3. The van der Waals surface area contributed by atoms with Crippen LogP contribution in [0.25, 0.3) is 33.4 Å². The van der Waals surface area contributed by atoms with Crippen LogP contribution in [0.3, 0.4) is 0 Å². The third-order valence-corrected chi connectivity index (χ3v) is 8.31. The summed E-state index contributed by atoms with van der Waals surface area (Å²) in [4.78, 5) is 19.5. The summed E-state index contributed by atoms with van der Waals surface area (Å²) in [6.07, 6.45) is 7.04. The summed E-state index contributed by atoms with van der Waals surface area (Å²) in [5.74, 6) is 0.456. The van der Waals surface area contributed by atoms with Crippen LogP contribution in [0.4, 0.5) is 0 Å². The van der Waals surface area contributed by atoms with Gasteiger partial charge in [0.25, 0.3) is 5.91 Å². The second-order valence-electron chi connectivity index (χ2n) is 10.7. The first-order chi connectivity index (χ1) is 18.6. The number of hydrogen-bond acceptors (Lipinski definition) is 6. The average Bonchev–Trinajstić information content (AvgIpc) is 3.44. The molecule has 2 unspecified atom stereocenters. The van der Waals surface area contributed by atoms with E-state index in [-0.39, 0.29) is 12.0 Å². The maximum atomic E-state index is 12.3. The number of ether oxygens (including phenoxy) is 1. The number of hydrogen-bond donors (Lipinski definition) is 3. The summed E-state index contributed by atoms with van der Waals surface area (Å²) in [5.41, 5.74) is 7.99. The first-order valence-corrected chi connectivity index (χ1v) is 13.6. The van der Waals surface area contributed by atoms with Gasteiger partial charge >= 0.3 is 0 Å². The molecule has 38 heavy (non-hydrogen) atoms. The Labute approximate surface area is 221 Å². The molecule has 4 aromatic rings. The number of aromatic amines is 1. The topological polar surface area (TPSA) is 103 Å². The molecular weight excluding hydrogens is 478 g/mol. The van der Waals surface area contributed by atoms with Gasteiger partial charge in [-0.2, -0.15) is 5.10 Å². The minimum Gasteiger partial charge on any atom is -0.491 e. The van der Waals surface area contributed by atoms with E-state index in [1.54, 1.807) is 6.07 Å². The van der Waals surface area contributed by atoms with Crippen LogP contribution in [0.15, 0.2) is 48.7 Å². The standard InChI is InChI=1S/C30H31N5O3/c36-24-9-11-35(17-24)23-6-3-18-1-2-20(13-19(18)4-7-23)22-14-26-28(33-34-29(26)32-16-22)21-5-8-25-27(15-21)38-12-10-31-30(25)37/h1-2,5,8,13-16,23-24,36H,3-4,6-7,9-12,17H2,(H,31,37)(H,32,33,34). The second-order valence-corrected chi connectivity index (χ2v) is 10.7. The first-order valence-electron chi connectivity index (χ1n) is 13.6. The van der Waals surface area contributed by atoms with E-state index in [1.807, 2.05) is 18.3 Å². The molecule has 2 aromatic carbocycles. The van der Waals surface area contributed by atoms with Gasteiger partial charge in [-0.15, -0.1) is 0 Å². The number of carbonyl (C=O) groups excluding carboxylic acids is 1. The van der Waals surface area contributed by atoms with Crippen molar-refractivity contribution in [1.29, 1.82) is 0 Å². The van der Waals surface area contributed by atoms with Crippen LogP contribution in [-0.4, -0.2) is 69.5 Å². The Morgan fingerprint density at radius 3 is 2.71 bits per heavy atom. The number of amides is 1. The van der Waals surface area contributed by atoms with Crippen LogP contribution in [-0.2, 0) is 12.8 Å². The van der Waals surface area contributed by atoms with Crippen LogP contribution in [0, 0.1) is 0 Å². The number of nitrogens with one attached hydrogen (secondary N) is 2. The molecule has 1 aliphatic carbocycles. The second kappa shape index (κ2) is 9.53. The van der Waals surface area contributed by atoms with E-state index in [0.29, 0.717) is 30.5 Å². The van der Waals surface area contributed by atoms with E-state index in [9.17, 15) is 9.90 Å². The largest absolute Gasteiger partial charge is 0.491 e. The predicted molar refractivity (Wildman–Crippen MR) is 145 cm³/mol. The summed E-state index contributed by atoms with van der Waals surface area (Å²) in [6, 6.07) is 15.1. The Bertz CT molecular complexity index is 1530. The lowest BCUT2D eigenvalue weighted by molar-refractivity contribution is 0.0957. The smallest absolute Gasteiger partial charge is 0.255 e. The number of likely N-dealkylation sites (tertiary alicyclic amines) is 1. The third-order valence-electron chi connectivity index (χ3n) is 8.31. The van der Waals surface area contributed by atoms with Crippen LogP contribution in [0.2, 0.25) is 0 Å². The van der Waals surface area contributed by atoms with E-state index in [1.165, 1.54) is 11.1 Å². The van der Waals surface area contributed by atoms with Crippen molar-refractivity contribution < 1.29 is 14.6 Å². The normalized spacial score (nSPS) is 21.8. The molecular formula is C30H31N5O3. The highest BCUT2D eigenvalue weighted by Gasteiger charge is 2.28. The zero-order chi connectivity index (χ0) is 25.6. The number of β-amino-alcohol motifs (C(OH)–C–C–N with tert-alkyl or cyclic N) is 1. The molecule has 8 heteroatoms. The summed E-state index contributed by atoms with van der Waals surface area (Å²) in [7, 11) is 0. The number of benzene rings is 2. The molecule has 8 nitrogen and oxygen atoms in total. The summed E-state index contributed by atoms with van der Waals surface area (Å²) in [5, 5.41) is 21.4. The molecule has 2 atom stereocenters. The van der Waals surface area contributed by atoms with Gasteiger partial charge in [0.15, 0.2) is 5.65 Å². The van der Waals surface area contributed by atoms with Crippen molar-refractivity contribution in [3.8, 4) is 28.1 Å². The number of carbonyl (C=O) groups is 1. The monoisotopic (exact) mass is 509 g/mol. The minimum atomic E-state index is -0.166. The molecule has 0 saturated carbocycles. The zero-order valence-electron chi connectivity index (χ0n) is 21.2. The maximum Gasteiger partial charge on any atom is 0.255 e. The van der Waals surface area contributed by atoms with Crippen molar-refractivity contribution >= 4 is 16.9 Å². The first kappa shape index (κ1) is 23.4. The fourth-order valence-corrected chi connectivity index (χ4v) is 6.21. The van der Waals surface area contributed by atoms with Crippen molar-refractivity contribution in [1.82, 2.24) is 25.4 Å². The van der Waals surface area contributed by atoms with Crippen LogP contribution < -0.4 is 10.1 Å². The Balaban J connectivity index is 1.18. The van der Waals surface area contributed by atoms with Gasteiger partial charge in [-0.05, 0) is 67.0 Å². The van der Waals surface area contributed by atoms with E-state index >= 15 is 0 Å². The van der Waals surface area contributed by atoms with E-state index in [2.05, 4.69) is 49.7 Å². The highest BCUT2D eigenvalue weighted by molar-refractivity contribution is 5.99. The molecule has 0 radical (unpaired) electrons. The molecule has 7 rings (SSSR count). The quantitative estimate of drug-likeness (QED) is 0.364. The lowest BCUT2D eigenvalue weighted by atomic mass is 9.96. The number of aryl methyl sites for hydroxylation is 2. The number of fused-ring (bicyclic) bond motifs is 3. The number of aromatic nitrogens is 3. The van der Waals surface area contributed by atoms with Crippen molar-refractivity contribution in [2.24, 2.45) is 0 Å². The molecule has 2 aromatic heterocycles. The molecule has 1 amide bonds. The Morgan fingerprint density at radius 2 is 1.84 bits per heavy atom. The molecule has 1 fully saturated rings.